The molecule has 0 atom stereocenters. The number of nitrogens with one attached hydrogen (secondary N) is 1. The Hall–Kier alpha value is -1.42. The van der Waals surface area contributed by atoms with E-state index in [1.807, 2.05) is 18.2 Å². The van der Waals surface area contributed by atoms with Crippen molar-refractivity contribution >= 4 is 21.7 Å². The van der Waals surface area contributed by atoms with E-state index >= 15 is 0 Å². The van der Waals surface area contributed by atoms with Crippen molar-refractivity contribution in [3.05, 3.63) is 40.4 Å². The topological polar surface area (TPSA) is 37.8 Å². The van der Waals surface area contributed by atoms with Crippen molar-refractivity contribution in [1.29, 1.82) is 0 Å². The predicted molar refractivity (Wildman–Crippen MR) is 76.5 cm³/mol. The molecule has 1 saturated carbocycles. The average molecular weight is 304 g/mol. The van der Waals surface area contributed by atoms with Gasteiger partial charge < -0.3 is 5.32 Å². The summed E-state index contributed by atoms with van der Waals surface area (Å²) in [4.78, 5) is 0. The fraction of sp³-hybridized carbons (Fsp3) is 0.286. The van der Waals surface area contributed by atoms with Crippen LogP contribution in [0.15, 0.2) is 34.8 Å². The molecule has 1 aliphatic rings. The standard InChI is InChI=1S/C14H14BrN3/c1-9-2-3-10(15)8-12(9)13-6-7-14(18-17-13)16-11-4-5-11/h2-3,6-8,11H,4-5H2,1H3,(H,16,18). The van der Waals surface area contributed by atoms with Crippen LogP contribution in [0.3, 0.4) is 0 Å². The Kier molecular flexibility index (Phi) is 3.04. The van der Waals surface area contributed by atoms with Gasteiger partial charge in [-0.2, -0.15) is 0 Å². The lowest BCUT2D eigenvalue weighted by molar-refractivity contribution is 1.00. The Bertz CT molecular complexity index is 562. The average Bonchev–Trinajstić information content (AvgIpc) is 3.17. The molecule has 18 heavy (non-hydrogen) atoms. The molecule has 3 nitrogen and oxygen atoms in total. The Morgan fingerprint density at radius 1 is 1.17 bits per heavy atom. The SMILES string of the molecule is Cc1ccc(Br)cc1-c1ccc(NC2CC2)nn1. The first-order valence-electron chi connectivity index (χ1n) is 6.09. The molecule has 1 aromatic heterocycles. The smallest absolute Gasteiger partial charge is 0.148 e. The lowest BCUT2D eigenvalue weighted by Gasteiger charge is -2.07. The highest BCUT2D eigenvalue weighted by atomic mass is 79.9. The molecular formula is C14H14BrN3. The molecule has 0 unspecified atom stereocenters. The van der Waals surface area contributed by atoms with Gasteiger partial charge in [-0.05, 0) is 49.6 Å². The number of halogens is 1. The predicted octanol–water partition coefficient (Wildman–Crippen LogP) is 3.79. The van der Waals surface area contributed by atoms with Gasteiger partial charge >= 0.3 is 0 Å². The number of hydrogen-bond donors (Lipinski definition) is 1. The van der Waals surface area contributed by atoms with Crippen molar-refractivity contribution < 1.29 is 0 Å². The van der Waals surface area contributed by atoms with Gasteiger partial charge in [0.05, 0.1) is 5.69 Å². The van der Waals surface area contributed by atoms with E-state index in [1.54, 1.807) is 0 Å². The second-order valence-corrected chi connectivity index (χ2v) is 5.60. The molecule has 0 amide bonds. The largest absolute Gasteiger partial charge is 0.366 e. The molecule has 92 valence electrons. The van der Waals surface area contributed by atoms with Crippen molar-refractivity contribution in [3.63, 3.8) is 0 Å². The third-order valence-electron chi connectivity index (χ3n) is 3.07. The number of aromatic nitrogens is 2. The molecule has 1 heterocycles. The zero-order valence-corrected chi connectivity index (χ0v) is 11.7. The van der Waals surface area contributed by atoms with Crippen LogP contribution in [-0.4, -0.2) is 16.2 Å². The molecule has 0 bridgehead atoms. The summed E-state index contributed by atoms with van der Waals surface area (Å²) in [6.45, 7) is 2.08. The molecule has 0 saturated heterocycles. The summed E-state index contributed by atoms with van der Waals surface area (Å²) >= 11 is 3.49. The molecule has 1 N–H and O–H groups in total. The van der Waals surface area contributed by atoms with Crippen LogP contribution < -0.4 is 5.32 Å². The number of anilines is 1. The monoisotopic (exact) mass is 303 g/mol. The highest BCUT2D eigenvalue weighted by Gasteiger charge is 2.21. The van der Waals surface area contributed by atoms with E-state index in [-0.39, 0.29) is 0 Å². The van der Waals surface area contributed by atoms with Gasteiger partial charge in [0.15, 0.2) is 0 Å². The van der Waals surface area contributed by atoms with Crippen LogP contribution in [0.1, 0.15) is 18.4 Å². The molecule has 0 radical (unpaired) electrons. The summed E-state index contributed by atoms with van der Waals surface area (Å²) in [6.07, 6.45) is 2.49. The maximum absolute atomic E-state index is 4.30. The molecule has 1 aromatic carbocycles. The van der Waals surface area contributed by atoms with E-state index in [1.165, 1.54) is 18.4 Å². The van der Waals surface area contributed by atoms with E-state index in [0.717, 1.165) is 21.5 Å². The maximum Gasteiger partial charge on any atom is 0.148 e. The van der Waals surface area contributed by atoms with E-state index in [2.05, 4.69) is 50.5 Å². The minimum Gasteiger partial charge on any atom is -0.366 e. The number of rotatable bonds is 3. The fourth-order valence-electron chi connectivity index (χ4n) is 1.86. The van der Waals surface area contributed by atoms with Crippen molar-refractivity contribution in [2.24, 2.45) is 0 Å². The van der Waals surface area contributed by atoms with E-state index < -0.39 is 0 Å². The van der Waals surface area contributed by atoms with Crippen LogP contribution in [0.2, 0.25) is 0 Å². The van der Waals surface area contributed by atoms with E-state index in [4.69, 9.17) is 0 Å². The summed E-state index contributed by atoms with van der Waals surface area (Å²) in [5, 5.41) is 11.9. The first kappa shape index (κ1) is 11.7. The van der Waals surface area contributed by atoms with Gasteiger partial charge in [-0.1, -0.05) is 22.0 Å². The highest BCUT2D eigenvalue weighted by Crippen LogP contribution is 2.27. The van der Waals surface area contributed by atoms with Gasteiger partial charge in [-0.3, -0.25) is 0 Å². The Labute approximate surface area is 115 Å². The fourth-order valence-corrected chi connectivity index (χ4v) is 2.22. The molecule has 1 fully saturated rings. The highest BCUT2D eigenvalue weighted by molar-refractivity contribution is 9.10. The second kappa shape index (κ2) is 4.69. The number of nitrogens with zero attached hydrogens (tertiary/aromatic N) is 2. The van der Waals surface area contributed by atoms with Crippen LogP contribution in [0.5, 0.6) is 0 Å². The third kappa shape index (κ3) is 2.53. The van der Waals surface area contributed by atoms with E-state index in [9.17, 15) is 0 Å². The van der Waals surface area contributed by atoms with Gasteiger partial charge in [0.1, 0.15) is 5.82 Å². The maximum atomic E-state index is 4.30. The summed E-state index contributed by atoms with van der Waals surface area (Å²) in [7, 11) is 0. The van der Waals surface area contributed by atoms with Crippen LogP contribution in [0, 0.1) is 6.92 Å². The number of aryl methyl sites for hydroxylation is 1. The molecule has 2 aromatic rings. The second-order valence-electron chi connectivity index (χ2n) is 4.68. The lowest BCUT2D eigenvalue weighted by Crippen LogP contribution is -2.04. The normalized spacial score (nSPS) is 14.6. The zero-order valence-electron chi connectivity index (χ0n) is 10.2. The van der Waals surface area contributed by atoms with Crippen molar-refractivity contribution in [3.8, 4) is 11.3 Å². The van der Waals surface area contributed by atoms with Gasteiger partial charge in [0.2, 0.25) is 0 Å². The third-order valence-corrected chi connectivity index (χ3v) is 3.56. The molecule has 1 aliphatic carbocycles. The first-order chi connectivity index (χ1) is 8.72. The molecule has 3 rings (SSSR count). The minimum absolute atomic E-state index is 0.609. The Morgan fingerprint density at radius 3 is 2.67 bits per heavy atom. The van der Waals surface area contributed by atoms with Crippen molar-refractivity contribution in [2.45, 2.75) is 25.8 Å². The summed E-state index contributed by atoms with van der Waals surface area (Å²) in [5.74, 6) is 0.869. The van der Waals surface area contributed by atoms with Crippen LogP contribution in [0.4, 0.5) is 5.82 Å². The van der Waals surface area contributed by atoms with Gasteiger partial charge in [0, 0.05) is 16.1 Å². The first-order valence-corrected chi connectivity index (χ1v) is 6.88. The zero-order chi connectivity index (χ0) is 12.5. The van der Waals surface area contributed by atoms with Crippen molar-refractivity contribution in [2.75, 3.05) is 5.32 Å². The van der Waals surface area contributed by atoms with Crippen LogP contribution >= 0.6 is 15.9 Å². The minimum atomic E-state index is 0.609. The molecule has 0 spiro atoms. The van der Waals surface area contributed by atoms with Gasteiger partial charge in [-0.15, -0.1) is 10.2 Å². The summed E-state index contributed by atoms with van der Waals surface area (Å²) in [5.41, 5.74) is 3.24. The van der Waals surface area contributed by atoms with Crippen LogP contribution in [0.25, 0.3) is 11.3 Å². The van der Waals surface area contributed by atoms with Crippen molar-refractivity contribution in [1.82, 2.24) is 10.2 Å². The molecule has 0 aliphatic heterocycles. The molecular weight excluding hydrogens is 290 g/mol. The van der Waals surface area contributed by atoms with Crippen LogP contribution in [-0.2, 0) is 0 Å². The Balaban J connectivity index is 1.88. The van der Waals surface area contributed by atoms with Gasteiger partial charge in [0.25, 0.3) is 0 Å². The quantitative estimate of drug-likeness (QED) is 0.937. The van der Waals surface area contributed by atoms with Gasteiger partial charge in [-0.25, -0.2) is 0 Å². The Morgan fingerprint density at radius 2 is 2.00 bits per heavy atom. The molecule has 4 heteroatoms. The lowest BCUT2D eigenvalue weighted by atomic mass is 10.1. The number of hydrogen-bond acceptors (Lipinski definition) is 3. The van der Waals surface area contributed by atoms with E-state index in [0.29, 0.717) is 6.04 Å². The summed E-state index contributed by atoms with van der Waals surface area (Å²) in [6, 6.07) is 10.8. The number of benzene rings is 1. The summed E-state index contributed by atoms with van der Waals surface area (Å²) < 4.78 is 1.06.